The van der Waals surface area contributed by atoms with E-state index < -0.39 is 0 Å². The third kappa shape index (κ3) is 1.13. The molecule has 1 atom stereocenters. The molecule has 1 saturated carbocycles. The van der Waals surface area contributed by atoms with Crippen molar-refractivity contribution in [2.24, 2.45) is 0 Å². The Kier molecular flexibility index (Phi) is 1.48. The lowest BCUT2D eigenvalue weighted by atomic mass is 10.1. The van der Waals surface area contributed by atoms with Gasteiger partial charge in [-0.05, 0) is 18.6 Å². The van der Waals surface area contributed by atoms with Gasteiger partial charge in [0.2, 0.25) is 0 Å². The lowest BCUT2D eigenvalue weighted by molar-refractivity contribution is 1.07. The van der Waals surface area contributed by atoms with Gasteiger partial charge in [-0.1, -0.05) is 36.4 Å². The molecule has 1 nitrogen and oxygen atoms in total. The first-order valence-electron chi connectivity index (χ1n) is 4.88. The maximum Gasteiger partial charge on any atom is 0.0705 e. The van der Waals surface area contributed by atoms with Crippen LogP contribution in [0.4, 0.5) is 0 Å². The monoisotopic (exact) mass is 181 g/mol. The highest BCUT2D eigenvalue weighted by Crippen LogP contribution is 2.44. The molecule has 1 aromatic heterocycles. The fourth-order valence-corrected chi connectivity index (χ4v) is 1.79. The Bertz CT molecular complexity index is 513. The van der Waals surface area contributed by atoms with Crippen molar-refractivity contribution in [1.29, 1.82) is 0 Å². The van der Waals surface area contributed by atoms with E-state index in [-0.39, 0.29) is 0 Å². The SMILES string of the molecule is C=C1CC1c1ccc2ccccc2n1. The minimum absolute atomic E-state index is 0.527. The van der Waals surface area contributed by atoms with Crippen molar-refractivity contribution in [3.05, 3.63) is 54.2 Å². The fourth-order valence-electron chi connectivity index (χ4n) is 1.79. The molecule has 0 aliphatic heterocycles. The molecule has 1 aliphatic carbocycles. The second kappa shape index (κ2) is 2.68. The summed E-state index contributed by atoms with van der Waals surface area (Å²) in [5, 5.41) is 1.21. The van der Waals surface area contributed by atoms with E-state index in [0.29, 0.717) is 5.92 Å². The van der Waals surface area contributed by atoms with Crippen molar-refractivity contribution in [2.45, 2.75) is 12.3 Å². The normalized spacial score (nSPS) is 20.0. The Morgan fingerprint density at radius 1 is 1.14 bits per heavy atom. The summed E-state index contributed by atoms with van der Waals surface area (Å²) >= 11 is 0. The van der Waals surface area contributed by atoms with Crippen molar-refractivity contribution in [3.8, 4) is 0 Å². The second-order valence-corrected chi connectivity index (χ2v) is 3.84. The fraction of sp³-hybridized carbons (Fsp3) is 0.154. The number of benzene rings is 1. The van der Waals surface area contributed by atoms with Crippen LogP contribution < -0.4 is 0 Å². The largest absolute Gasteiger partial charge is 0.252 e. The summed E-state index contributed by atoms with van der Waals surface area (Å²) in [5.74, 6) is 0.527. The van der Waals surface area contributed by atoms with Gasteiger partial charge in [0, 0.05) is 17.0 Å². The molecule has 0 saturated heterocycles. The quantitative estimate of drug-likeness (QED) is 0.615. The van der Waals surface area contributed by atoms with Crippen LogP contribution >= 0.6 is 0 Å². The standard InChI is InChI=1S/C13H11N/c1-9-8-11(9)13-7-6-10-4-2-3-5-12(10)14-13/h2-7,11H,1,8H2. The van der Waals surface area contributed by atoms with Crippen molar-refractivity contribution in [3.63, 3.8) is 0 Å². The van der Waals surface area contributed by atoms with E-state index >= 15 is 0 Å². The summed E-state index contributed by atoms with van der Waals surface area (Å²) in [4.78, 5) is 4.63. The number of fused-ring (bicyclic) bond motifs is 1. The van der Waals surface area contributed by atoms with Crippen molar-refractivity contribution in [2.75, 3.05) is 0 Å². The summed E-state index contributed by atoms with van der Waals surface area (Å²) < 4.78 is 0. The number of hydrogen-bond donors (Lipinski definition) is 0. The average molecular weight is 181 g/mol. The number of hydrogen-bond acceptors (Lipinski definition) is 1. The van der Waals surface area contributed by atoms with Gasteiger partial charge in [0.15, 0.2) is 0 Å². The van der Waals surface area contributed by atoms with Gasteiger partial charge in [-0.3, -0.25) is 4.98 Å². The van der Waals surface area contributed by atoms with E-state index in [4.69, 9.17) is 0 Å². The van der Waals surface area contributed by atoms with Gasteiger partial charge in [0.25, 0.3) is 0 Å². The van der Waals surface area contributed by atoms with Crippen molar-refractivity contribution < 1.29 is 0 Å². The Balaban J connectivity index is 2.16. The van der Waals surface area contributed by atoms with Crippen LogP contribution in [0.2, 0.25) is 0 Å². The van der Waals surface area contributed by atoms with Crippen molar-refractivity contribution >= 4 is 10.9 Å². The molecule has 1 fully saturated rings. The Morgan fingerprint density at radius 3 is 2.71 bits per heavy atom. The summed E-state index contributed by atoms with van der Waals surface area (Å²) in [6.45, 7) is 3.96. The predicted octanol–water partition coefficient (Wildman–Crippen LogP) is 3.28. The molecule has 1 heteroatoms. The van der Waals surface area contributed by atoms with Crippen molar-refractivity contribution in [1.82, 2.24) is 4.98 Å². The van der Waals surface area contributed by atoms with Crippen LogP contribution in [0.3, 0.4) is 0 Å². The first-order valence-corrected chi connectivity index (χ1v) is 4.88. The van der Waals surface area contributed by atoms with Crippen LogP contribution in [0.25, 0.3) is 10.9 Å². The highest BCUT2D eigenvalue weighted by Gasteiger charge is 2.30. The van der Waals surface area contributed by atoms with E-state index in [1.807, 2.05) is 12.1 Å². The van der Waals surface area contributed by atoms with Crippen LogP contribution in [-0.4, -0.2) is 4.98 Å². The molecule has 0 amide bonds. The average Bonchev–Trinajstić information content (AvgIpc) is 2.95. The molecular formula is C13H11N. The third-order valence-electron chi connectivity index (χ3n) is 2.78. The molecule has 2 aromatic rings. The van der Waals surface area contributed by atoms with E-state index in [9.17, 15) is 0 Å². The topological polar surface area (TPSA) is 12.9 Å². The first kappa shape index (κ1) is 7.74. The van der Waals surface area contributed by atoms with Gasteiger partial charge in [-0.15, -0.1) is 0 Å². The molecule has 3 rings (SSSR count). The Morgan fingerprint density at radius 2 is 1.93 bits per heavy atom. The van der Waals surface area contributed by atoms with Gasteiger partial charge in [0.1, 0.15) is 0 Å². The molecule has 1 aromatic carbocycles. The lowest BCUT2D eigenvalue weighted by Gasteiger charge is -1.99. The van der Waals surface area contributed by atoms with E-state index in [2.05, 4.69) is 35.8 Å². The second-order valence-electron chi connectivity index (χ2n) is 3.84. The summed E-state index contributed by atoms with van der Waals surface area (Å²) in [6, 6.07) is 12.5. The molecule has 68 valence electrons. The molecule has 14 heavy (non-hydrogen) atoms. The van der Waals surface area contributed by atoms with Crippen LogP contribution in [0.1, 0.15) is 18.0 Å². The minimum atomic E-state index is 0.527. The smallest absolute Gasteiger partial charge is 0.0705 e. The van der Waals surface area contributed by atoms with Gasteiger partial charge >= 0.3 is 0 Å². The predicted molar refractivity (Wildman–Crippen MR) is 58.2 cm³/mol. The van der Waals surface area contributed by atoms with Gasteiger partial charge in [-0.2, -0.15) is 0 Å². The number of para-hydroxylation sites is 1. The highest BCUT2D eigenvalue weighted by molar-refractivity contribution is 5.78. The number of aromatic nitrogens is 1. The molecule has 0 spiro atoms. The van der Waals surface area contributed by atoms with Crippen LogP contribution in [-0.2, 0) is 0 Å². The zero-order valence-electron chi connectivity index (χ0n) is 7.90. The Labute approximate surface area is 83.1 Å². The van der Waals surface area contributed by atoms with Crippen LogP contribution in [0.5, 0.6) is 0 Å². The number of rotatable bonds is 1. The van der Waals surface area contributed by atoms with Gasteiger partial charge < -0.3 is 0 Å². The third-order valence-corrected chi connectivity index (χ3v) is 2.78. The number of pyridine rings is 1. The van der Waals surface area contributed by atoms with Gasteiger partial charge in [0.05, 0.1) is 5.52 Å². The van der Waals surface area contributed by atoms with Gasteiger partial charge in [-0.25, -0.2) is 0 Å². The molecule has 0 N–H and O–H groups in total. The van der Waals surface area contributed by atoms with E-state index in [0.717, 1.165) is 11.9 Å². The first-order chi connectivity index (χ1) is 6.84. The van der Waals surface area contributed by atoms with Crippen LogP contribution in [0, 0.1) is 0 Å². The molecule has 0 radical (unpaired) electrons. The molecule has 1 unspecified atom stereocenters. The molecule has 0 bridgehead atoms. The maximum absolute atomic E-state index is 4.63. The lowest BCUT2D eigenvalue weighted by Crippen LogP contribution is -1.86. The summed E-state index contributed by atoms with van der Waals surface area (Å²) in [6.07, 6.45) is 1.12. The number of allylic oxidation sites excluding steroid dienone is 1. The highest BCUT2D eigenvalue weighted by atomic mass is 14.7. The van der Waals surface area contributed by atoms with Crippen LogP contribution in [0.15, 0.2) is 48.6 Å². The summed E-state index contributed by atoms with van der Waals surface area (Å²) in [7, 11) is 0. The summed E-state index contributed by atoms with van der Waals surface area (Å²) in [5.41, 5.74) is 3.58. The maximum atomic E-state index is 4.63. The zero-order chi connectivity index (χ0) is 9.54. The Hall–Kier alpha value is -1.63. The van der Waals surface area contributed by atoms with E-state index in [1.165, 1.54) is 16.7 Å². The molecular weight excluding hydrogens is 170 g/mol. The molecule has 1 heterocycles. The zero-order valence-corrected chi connectivity index (χ0v) is 7.90. The van der Waals surface area contributed by atoms with E-state index in [1.54, 1.807) is 0 Å². The molecule has 1 aliphatic rings. The minimum Gasteiger partial charge on any atom is -0.252 e. The number of nitrogens with zero attached hydrogens (tertiary/aromatic N) is 1.